The number of hydrogen-bond donors (Lipinski definition) is 2. The van der Waals surface area contributed by atoms with E-state index in [1.165, 1.54) is 32.4 Å². The van der Waals surface area contributed by atoms with Gasteiger partial charge in [-0.2, -0.15) is 0 Å². The third-order valence-corrected chi connectivity index (χ3v) is 4.96. The molecule has 0 saturated heterocycles. The van der Waals surface area contributed by atoms with Crippen molar-refractivity contribution >= 4 is 34.8 Å². The van der Waals surface area contributed by atoms with Crippen LogP contribution in [0.5, 0.6) is 11.5 Å². The normalized spacial score (nSPS) is 10.2. The van der Waals surface area contributed by atoms with Crippen LogP contribution < -0.4 is 20.1 Å². The lowest BCUT2D eigenvalue weighted by molar-refractivity contribution is -0.384. The zero-order valence-electron chi connectivity index (χ0n) is 19.7. The highest BCUT2D eigenvalue weighted by molar-refractivity contribution is 6.08. The van der Waals surface area contributed by atoms with Gasteiger partial charge >= 0.3 is 5.97 Å². The Morgan fingerprint density at radius 1 is 0.806 bits per heavy atom. The third kappa shape index (κ3) is 5.95. The van der Waals surface area contributed by atoms with Gasteiger partial charge in [-0.15, -0.1) is 0 Å². The second-order valence-electron chi connectivity index (χ2n) is 7.27. The molecule has 0 aliphatic rings. The first-order valence-corrected chi connectivity index (χ1v) is 10.7. The Bertz CT molecular complexity index is 1310. The fourth-order valence-electron chi connectivity index (χ4n) is 3.25. The van der Waals surface area contributed by atoms with E-state index < -0.39 is 22.5 Å². The predicted molar refractivity (Wildman–Crippen MR) is 131 cm³/mol. The minimum Gasteiger partial charge on any atom is -0.494 e. The van der Waals surface area contributed by atoms with Crippen LogP contribution in [-0.2, 0) is 4.74 Å². The number of carbonyl (C=O) groups excluding carboxylic acids is 3. The smallest absolute Gasteiger partial charge is 0.338 e. The topological polar surface area (TPSA) is 146 Å². The van der Waals surface area contributed by atoms with E-state index in [2.05, 4.69) is 10.6 Å². The maximum Gasteiger partial charge on any atom is 0.338 e. The molecule has 11 heteroatoms. The highest BCUT2D eigenvalue weighted by Crippen LogP contribution is 2.37. The average Bonchev–Trinajstić information content (AvgIpc) is 2.89. The quantitative estimate of drug-likeness (QED) is 0.255. The van der Waals surface area contributed by atoms with Crippen LogP contribution in [0.2, 0.25) is 0 Å². The number of nitrogens with zero attached hydrogens (tertiary/aromatic N) is 1. The molecule has 0 aliphatic heterocycles. The lowest BCUT2D eigenvalue weighted by Gasteiger charge is -2.16. The lowest BCUT2D eigenvalue weighted by Crippen LogP contribution is -2.16. The molecule has 3 aromatic rings. The molecule has 11 nitrogen and oxygen atoms in total. The molecule has 36 heavy (non-hydrogen) atoms. The van der Waals surface area contributed by atoms with E-state index >= 15 is 0 Å². The number of hydrogen-bond acceptors (Lipinski definition) is 8. The molecule has 0 spiro atoms. The van der Waals surface area contributed by atoms with Crippen LogP contribution in [-0.4, -0.2) is 43.5 Å². The van der Waals surface area contributed by atoms with Crippen molar-refractivity contribution in [1.29, 1.82) is 0 Å². The van der Waals surface area contributed by atoms with Gasteiger partial charge in [0.25, 0.3) is 17.5 Å². The summed E-state index contributed by atoms with van der Waals surface area (Å²) in [5.41, 5.74) is 0.157. The summed E-state index contributed by atoms with van der Waals surface area (Å²) >= 11 is 0. The Balaban J connectivity index is 1.93. The zero-order chi connectivity index (χ0) is 26.2. The molecule has 3 rings (SSSR count). The largest absolute Gasteiger partial charge is 0.494 e. The van der Waals surface area contributed by atoms with Crippen molar-refractivity contribution in [3.05, 3.63) is 87.5 Å². The maximum atomic E-state index is 13.0. The molecule has 0 bridgehead atoms. The van der Waals surface area contributed by atoms with Gasteiger partial charge in [-0.1, -0.05) is 18.2 Å². The number of nitro groups is 1. The molecule has 0 radical (unpaired) electrons. The number of esters is 1. The van der Waals surface area contributed by atoms with Crippen molar-refractivity contribution in [3.8, 4) is 11.5 Å². The molecule has 2 N–H and O–H groups in total. The third-order valence-electron chi connectivity index (χ3n) is 4.96. The molecule has 0 aromatic heterocycles. The molecule has 0 saturated carbocycles. The number of nitro benzene ring substituents is 1. The first kappa shape index (κ1) is 25.7. The standard InChI is InChI=1S/C25H23N3O8/c1-4-36-25(31)17-10-16(11-18(12-17)28(32)33)24(30)27-20-14-21(34-2)19(13-22(20)35-3)26-23(29)15-8-6-5-7-9-15/h5-14H,4H2,1-3H3,(H,26,29)(H,27,30). The first-order valence-electron chi connectivity index (χ1n) is 10.7. The van der Waals surface area contributed by atoms with Crippen molar-refractivity contribution < 1.29 is 33.5 Å². The minimum absolute atomic E-state index is 0.0627. The Labute approximate surface area is 206 Å². The summed E-state index contributed by atoms with van der Waals surface area (Å²) in [5, 5.41) is 16.7. The van der Waals surface area contributed by atoms with E-state index in [4.69, 9.17) is 14.2 Å². The van der Waals surface area contributed by atoms with Crippen LogP contribution in [0.3, 0.4) is 0 Å². The highest BCUT2D eigenvalue weighted by Gasteiger charge is 2.21. The number of nitrogens with one attached hydrogen (secondary N) is 2. The minimum atomic E-state index is -0.798. The zero-order valence-corrected chi connectivity index (χ0v) is 19.7. The van der Waals surface area contributed by atoms with E-state index in [9.17, 15) is 24.5 Å². The Morgan fingerprint density at radius 3 is 1.83 bits per heavy atom. The first-order chi connectivity index (χ1) is 17.3. The van der Waals surface area contributed by atoms with E-state index in [1.54, 1.807) is 37.3 Å². The van der Waals surface area contributed by atoms with Gasteiger partial charge < -0.3 is 24.8 Å². The number of methoxy groups -OCH3 is 2. The van der Waals surface area contributed by atoms with Gasteiger partial charge in [-0.05, 0) is 25.1 Å². The summed E-state index contributed by atoms with van der Waals surface area (Å²) in [6, 6.07) is 14.7. The Kier molecular flexibility index (Phi) is 8.18. The van der Waals surface area contributed by atoms with Gasteiger partial charge in [0.1, 0.15) is 11.5 Å². The van der Waals surface area contributed by atoms with Crippen LogP contribution in [0.1, 0.15) is 38.0 Å². The summed E-state index contributed by atoms with van der Waals surface area (Å²) in [6.45, 7) is 1.65. The molecule has 0 aliphatic carbocycles. The molecule has 3 aromatic carbocycles. The number of benzene rings is 3. The van der Waals surface area contributed by atoms with Gasteiger partial charge in [0.05, 0.1) is 42.7 Å². The molecule has 0 atom stereocenters. The van der Waals surface area contributed by atoms with E-state index in [0.717, 1.165) is 12.1 Å². The van der Waals surface area contributed by atoms with Crippen molar-refractivity contribution in [2.75, 3.05) is 31.5 Å². The highest BCUT2D eigenvalue weighted by atomic mass is 16.6. The van der Waals surface area contributed by atoms with Gasteiger partial charge in [-0.25, -0.2) is 4.79 Å². The van der Waals surface area contributed by atoms with Crippen molar-refractivity contribution in [2.24, 2.45) is 0 Å². The van der Waals surface area contributed by atoms with E-state index in [-0.39, 0.29) is 40.8 Å². The molecular weight excluding hydrogens is 470 g/mol. The van der Waals surface area contributed by atoms with Crippen LogP contribution >= 0.6 is 0 Å². The van der Waals surface area contributed by atoms with Crippen LogP contribution in [0.25, 0.3) is 0 Å². The molecule has 2 amide bonds. The van der Waals surface area contributed by atoms with Crippen LogP contribution in [0.4, 0.5) is 17.1 Å². The fraction of sp³-hybridized carbons (Fsp3) is 0.160. The monoisotopic (exact) mass is 493 g/mol. The predicted octanol–water partition coefficient (Wildman–Crippen LogP) is 4.29. The Hall–Kier alpha value is -4.93. The SMILES string of the molecule is CCOC(=O)c1cc(C(=O)Nc2cc(OC)c(NC(=O)c3ccccc3)cc2OC)cc([N+](=O)[O-])c1. The lowest BCUT2D eigenvalue weighted by atomic mass is 10.1. The van der Waals surface area contributed by atoms with Gasteiger partial charge in [0, 0.05) is 35.4 Å². The number of anilines is 2. The summed E-state index contributed by atoms with van der Waals surface area (Å²) in [7, 11) is 2.75. The van der Waals surface area contributed by atoms with Crippen molar-refractivity contribution in [2.45, 2.75) is 6.92 Å². The van der Waals surface area contributed by atoms with Gasteiger partial charge in [-0.3, -0.25) is 19.7 Å². The number of amides is 2. The van der Waals surface area contributed by atoms with Crippen molar-refractivity contribution in [1.82, 2.24) is 0 Å². The summed E-state index contributed by atoms with van der Waals surface area (Å²) < 4.78 is 15.6. The summed E-state index contributed by atoms with van der Waals surface area (Å²) in [6.07, 6.45) is 0. The van der Waals surface area contributed by atoms with Gasteiger partial charge in [0.15, 0.2) is 0 Å². The maximum absolute atomic E-state index is 13.0. The Morgan fingerprint density at radius 2 is 1.33 bits per heavy atom. The van der Waals surface area contributed by atoms with Crippen LogP contribution in [0.15, 0.2) is 60.7 Å². The summed E-state index contributed by atoms with van der Waals surface area (Å²) in [4.78, 5) is 48.3. The second-order valence-corrected chi connectivity index (χ2v) is 7.27. The summed E-state index contributed by atoms with van der Waals surface area (Å²) in [5.74, 6) is -1.51. The number of non-ortho nitro benzene ring substituents is 1. The van der Waals surface area contributed by atoms with E-state index in [0.29, 0.717) is 11.3 Å². The van der Waals surface area contributed by atoms with Crippen molar-refractivity contribution in [3.63, 3.8) is 0 Å². The van der Waals surface area contributed by atoms with Gasteiger partial charge in [0.2, 0.25) is 0 Å². The number of carbonyl (C=O) groups is 3. The molecular formula is C25H23N3O8. The average molecular weight is 493 g/mol. The van der Waals surface area contributed by atoms with Crippen LogP contribution in [0, 0.1) is 10.1 Å². The second kappa shape index (κ2) is 11.5. The molecule has 0 fully saturated rings. The number of rotatable bonds is 9. The molecule has 186 valence electrons. The van der Waals surface area contributed by atoms with E-state index in [1.807, 2.05) is 0 Å². The molecule has 0 unspecified atom stereocenters. The fourth-order valence-corrected chi connectivity index (χ4v) is 3.25. The molecule has 0 heterocycles. The number of ether oxygens (including phenoxy) is 3.